The minimum absolute atomic E-state index is 0.399. The van der Waals surface area contributed by atoms with Crippen LogP contribution in [0, 0.1) is 0 Å². The van der Waals surface area contributed by atoms with Gasteiger partial charge in [0.25, 0.3) is 0 Å². The van der Waals surface area contributed by atoms with Crippen LogP contribution in [0.15, 0.2) is 48.5 Å². The summed E-state index contributed by atoms with van der Waals surface area (Å²) in [4.78, 5) is 47.4. The molecule has 0 aliphatic carbocycles. The molecule has 2 aromatic carbocycles. The number of halogens is 2. The topological polar surface area (TPSA) is 145 Å². The molecule has 2 aromatic rings. The van der Waals surface area contributed by atoms with Crippen molar-refractivity contribution in [2.24, 2.45) is 0 Å². The van der Waals surface area contributed by atoms with Gasteiger partial charge in [0.2, 0.25) is 11.8 Å². The van der Waals surface area contributed by atoms with Gasteiger partial charge in [-0.1, -0.05) is 23.2 Å². The summed E-state index contributed by atoms with van der Waals surface area (Å²) >= 11 is 11.5. The van der Waals surface area contributed by atoms with Gasteiger partial charge in [-0.15, -0.1) is 0 Å². The molecular formula is C20H19Cl2N3O6. The van der Waals surface area contributed by atoms with E-state index in [4.69, 9.17) is 23.2 Å². The maximum atomic E-state index is 12.2. The highest BCUT2D eigenvalue weighted by Gasteiger charge is 2.29. The van der Waals surface area contributed by atoms with Crippen molar-refractivity contribution >= 4 is 58.3 Å². The number of amides is 2. The number of carboxylic acid groups (broad SMARTS) is 2. The third-order valence-corrected chi connectivity index (χ3v) is 4.54. The molecule has 0 saturated heterocycles. The van der Waals surface area contributed by atoms with Crippen LogP contribution >= 0.6 is 23.2 Å². The van der Waals surface area contributed by atoms with E-state index in [9.17, 15) is 29.4 Å². The third-order valence-electron chi connectivity index (χ3n) is 4.03. The van der Waals surface area contributed by atoms with Crippen LogP contribution in [0.2, 0.25) is 10.0 Å². The van der Waals surface area contributed by atoms with E-state index in [1.807, 2.05) is 0 Å². The number of rotatable bonds is 10. The molecule has 0 bridgehead atoms. The van der Waals surface area contributed by atoms with Crippen molar-refractivity contribution in [2.45, 2.75) is 24.9 Å². The van der Waals surface area contributed by atoms with Crippen LogP contribution in [-0.4, -0.2) is 46.0 Å². The molecule has 2 atom stereocenters. The Balaban J connectivity index is 1.98. The van der Waals surface area contributed by atoms with Crippen molar-refractivity contribution in [1.82, 2.24) is 5.32 Å². The Morgan fingerprint density at radius 2 is 1.00 bits per heavy atom. The van der Waals surface area contributed by atoms with E-state index in [2.05, 4.69) is 16.0 Å². The molecule has 0 unspecified atom stereocenters. The summed E-state index contributed by atoms with van der Waals surface area (Å²) in [7, 11) is 0. The van der Waals surface area contributed by atoms with Gasteiger partial charge in [0.1, 0.15) is 12.1 Å². The van der Waals surface area contributed by atoms with Gasteiger partial charge >= 0.3 is 11.9 Å². The number of carboxylic acids is 2. The Morgan fingerprint density at radius 3 is 1.29 bits per heavy atom. The highest BCUT2D eigenvalue weighted by Crippen LogP contribution is 2.15. The Labute approximate surface area is 187 Å². The summed E-state index contributed by atoms with van der Waals surface area (Å²) in [5.41, 5.74) is 0.798. The monoisotopic (exact) mass is 467 g/mol. The van der Waals surface area contributed by atoms with E-state index in [1.54, 1.807) is 24.3 Å². The summed E-state index contributed by atoms with van der Waals surface area (Å²) < 4.78 is 0. The molecule has 11 heteroatoms. The minimum atomic E-state index is -1.53. The lowest BCUT2D eigenvalue weighted by Gasteiger charge is -2.20. The predicted molar refractivity (Wildman–Crippen MR) is 115 cm³/mol. The third kappa shape index (κ3) is 8.25. The second-order valence-electron chi connectivity index (χ2n) is 6.47. The fourth-order valence-electron chi connectivity index (χ4n) is 2.54. The Morgan fingerprint density at radius 1 is 0.677 bits per heavy atom. The Hall–Kier alpha value is -3.14. The average Bonchev–Trinajstić information content (AvgIpc) is 2.70. The zero-order valence-corrected chi connectivity index (χ0v) is 17.5. The largest absolute Gasteiger partial charge is 0.480 e. The molecule has 164 valence electrons. The minimum Gasteiger partial charge on any atom is -0.480 e. The van der Waals surface area contributed by atoms with E-state index in [-0.39, 0.29) is 0 Å². The van der Waals surface area contributed by atoms with Crippen LogP contribution in [0.25, 0.3) is 0 Å². The van der Waals surface area contributed by atoms with Gasteiger partial charge in [0.05, 0.1) is 12.8 Å². The lowest BCUT2D eigenvalue weighted by atomic mass is 10.1. The summed E-state index contributed by atoms with van der Waals surface area (Å²) in [6.45, 7) is 0. The number of anilines is 2. The molecular weight excluding hydrogens is 449 g/mol. The molecule has 0 saturated carbocycles. The SMILES string of the molecule is O=C(C[C@H](N[C@H](CC(=O)Nc1ccc(Cl)cc1)C(=O)O)C(=O)O)Nc1ccc(Cl)cc1. The van der Waals surface area contributed by atoms with Crippen molar-refractivity contribution in [3.05, 3.63) is 58.6 Å². The maximum Gasteiger partial charge on any atom is 0.321 e. The van der Waals surface area contributed by atoms with Gasteiger partial charge < -0.3 is 20.8 Å². The molecule has 0 radical (unpaired) electrons. The summed E-state index contributed by atoms with van der Waals surface area (Å²) in [5.74, 6) is -4.18. The molecule has 5 N–H and O–H groups in total. The van der Waals surface area contributed by atoms with Crippen molar-refractivity contribution in [2.75, 3.05) is 10.6 Å². The van der Waals surface area contributed by atoms with Crippen molar-refractivity contribution < 1.29 is 29.4 Å². The normalized spacial score (nSPS) is 12.5. The fraction of sp³-hybridized carbons (Fsp3) is 0.200. The number of benzene rings is 2. The quantitative estimate of drug-likeness (QED) is 0.361. The van der Waals surface area contributed by atoms with Crippen LogP contribution in [0.4, 0.5) is 11.4 Å². The molecule has 0 spiro atoms. The first-order valence-electron chi connectivity index (χ1n) is 8.96. The fourth-order valence-corrected chi connectivity index (χ4v) is 2.79. The van der Waals surface area contributed by atoms with Gasteiger partial charge in [-0.25, -0.2) is 0 Å². The second-order valence-corrected chi connectivity index (χ2v) is 7.34. The number of hydrogen-bond acceptors (Lipinski definition) is 5. The summed E-state index contributed by atoms with van der Waals surface area (Å²) in [6.07, 6.45) is -1.11. The Kier molecular flexibility index (Phi) is 8.80. The number of carbonyl (C=O) groups excluding carboxylic acids is 2. The highest BCUT2D eigenvalue weighted by atomic mass is 35.5. The van der Waals surface area contributed by atoms with Gasteiger partial charge in [-0.3, -0.25) is 24.5 Å². The van der Waals surface area contributed by atoms with E-state index in [1.165, 1.54) is 24.3 Å². The molecule has 0 aliphatic heterocycles. The summed E-state index contributed by atoms with van der Waals surface area (Å²) in [6, 6.07) is 9.25. The first-order valence-corrected chi connectivity index (χ1v) is 9.72. The molecule has 0 heterocycles. The molecule has 31 heavy (non-hydrogen) atoms. The zero-order valence-electron chi connectivity index (χ0n) is 16.0. The molecule has 2 amide bonds. The molecule has 0 fully saturated rings. The number of aliphatic carboxylic acids is 2. The summed E-state index contributed by atoms with van der Waals surface area (Å²) in [5, 5.41) is 27.0. The number of hydrogen-bond donors (Lipinski definition) is 5. The van der Waals surface area contributed by atoms with Gasteiger partial charge in [-0.2, -0.15) is 0 Å². The van der Waals surface area contributed by atoms with Crippen LogP contribution in [0.5, 0.6) is 0 Å². The first-order chi connectivity index (χ1) is 14.6. The second kappa shape index (κ2) is 11.3. The lowest BCUT2D eigenvalue weighted by molar-refractivity contribution is -0.144. The van der Waals surface area contributed by atoms with Crippen LogP contribution in [0.1, 0.15) is 12.8 Å². The number of nitrogens with one attached hydrogen (secondary N) is 3. The molecule has 0 aromatic heterocycles. The van der Waals surface area contributed by atoms with Gasteiger partial charge in [0.15, 0.2) is 0 Å². The lowest BCUT2D eigenvalue weighted by Crippen LogP contribution is -2.49. The Bertz CT molecular complexity index is 873. The predicted octanol–water partition coefficient (Wildman–Crippen LogP) is 2.85. The molecule has 2 rings (SSSR count). The van der Waals surface area contributed by atoms with Crippen LogP contribution in [0.3, 0.4) is 0 Å². The van der Waals surface area contributed by atoms with E-state index in [0.29, 0.717) is 21.4 Å². The van der Waals surface area contributed by atoms with Crippen LogP contribution in [-0.2, 0) is 19.2 Å². The first kappa shape index (κ1) is 24.1. The number of carbonyl (C=O) groups is 4. The zero-order chi connectivity index (χ0) is 23.0. The van der Waals surface area contributed by atoms with Crippen molar-refractivity contribution in [1.29, 1.82) is 0 Å². The standard InChI is InChI=1S/C20H19Cl2N3O6/c21-11-1-5-13(6-2-11)23-17(26)9-15(19(28)29)25-16(20(30)31)10-18(27)24-14-7-3-12(22)4-8-14/h1-8,15-16,25H,9-10H2,(H,23,26)(H,24,27)(H,28,29)(H,30,31)/t15-,16+. The highest BCUT2D eigenvalue weighted by molar-refractivity contribution is 6.31. The van der Waals surface area contributed by atoms with Crippen LogP contribution < -0.4 is 16.0 Å². The maximum absolute atomic E-state index is 12.2. The van der Waals surface area contributed by atoms with Gasteiger partial charge in [-0.05, 0) is 48.5 Å². The van der Waals surface area contributed by atoms with E-state index >= 15 is 0 Å². The van der Waals surface area contributed by atoms with Crippen molar-refractivity contribution in [3.63, 3.8) is 0 Å². The molecule has 0 aliphatic rings. The van der Waals surface area contributed by atoms with E-state index < -0.39 is 48.7 Å². The van der Waals surface area contributed by atoms with E-state index in [0.717, 1.165) is 0 Å². The van der Waals surface area contributed by atoms with Crippen molar-refractivity contribution in [3.8, 4) is 0 Å². The molecule has 9 nitrogen and oxygen atoms in total. The van der Waals surface area contributed by atoms with Gasteiger partial charge in [0, 0.05) is 21.4 Å². The average molecular weight is 468 g/mol. The smallest absolute Gasteiger partial charge is 0.321 e.